The van der Waals surface area contributed by atoms with E-state index in [0.717, 1.165) is 12.1 Å². The highest BCUT2D eigenvalue weighted by Gasteiger charge is 2.18. The highest BCUT2D eigenvalue weighted by molar-refractivity contribution is 6.31. The maximum atomic E-state index is 13.6. The molecule has 3 N–H and O–H groups in total. The van der Waals surface area contributed by atoms with Crippen LogP contribution in [0, 0.1) is 17.5 Å². The molecule has 0 heterocycles. The van der Waals surface area contributed by atoms with Crippen molar-refractivity contribution in [1.29, 1.82) is 0 Å². The Labute approximate surface area is 119 Å². The lowest BCUT2D eigenvalue weighted by molar-refractivity contribution is 0.518. The summed E-state index contributed by atoms with van der Waals surface area (Å²) >= 11 is 5.87. The third-order valence-electron chi connectivity index (χ3n) is 3.00. The Morgan fingerprint density at radius 1 is 1.10 bits per heavy atom. The van der Waals surface area contributed by atoms with Gasteiger partial charge in [-0.3, -0.25) is 11.3 Å². The summed E-state index contributed by atoms with van der Waals surface area (Å²) in [5.74, 6) is 3.50. The van der Waals surface area contributed by atoms with Crippen LogP contribution in [0.3, 0.4) is 0 Å². The van der Waals surface area contributed by atoms with E-state index in [2.05, 4.69) is 5.43 Å². The normalized spacial score (nSPS) is 12.4. The van der Waals surface area contributed by atoms with Gasteiger partial charge >= 0.3 is 0 Å². The minimum absolute atomic E-state index is 0.0713. The zero-order valence-corrected chi connectivity index (χ0v) is 11.1. The molecule has 0 aromatic heterocycles. The molecule has 0 aliphatic heterocycles. The predicted octanol–water partition coefficient (Wildman–Crippen LogP) is 3.50. The largest absolute Gasteiger partial charge is 0.271 e. The molecule has 0 fully saturated rings. The molecule has 106 valence electrons. The van der Waals surface area contributed by atoms with Crippen molar-refractivity contribution in [2.45, 2.75) is 12.5 Å². The van der Waals surface area contributed by atoms with E-state index in [-0.39, 0.29) is 17.0 Å². The lowest BCUT2D eigenvalue weighted by Gasteiger charge is -2.18. The average molecular weight is 301 g/mol. The van der Waals surface area contributed by atoms with Gasteiger partial charge in [0.2, 0.25) is 0 Å². The van der Waals surface area contributed by atoms with Crippen molar-refractivity contribution in [1.82, 2.24) is 5.43 Å². The second kappa shape index (κ2) is 6.26. The van der Waals surface area contributed by atoms with E-state index in [0.29, 0.717) is 5.56 Å². The summed E-state index contributed by atoms with van der Waals surface area (Å²) in [6.45, 7) is 0. The van der Waals surface area contributed by atoms with Crippen LogP contribution in [-0.4, -0.2) is 0 Å². The molecular weight excluding hydrogens is 289 g/mol. The van der Waals surface area contributed by atoms with E-state index in [1.54, 1.807) is 6.07 Å². The molecule has 6 heteroatoms. The Bertz CT molecular complexity index is 619. The number of hydrogen-bond acceptors (Lipinski definition) is 2. The quantitative estimate of drug-likeness (QED) is 0.670. The van der Waals surface area contributed by atoms with E-state index in [1.165, 1.54) is 18.2 Å². The molecule has 2 rings (SSSR count). The molecule has 2 aromatic carbocycles. The fourth-order valence-corrected chi connectivity index (χ4v) is 2.21. The topological polar surface area (TPSA) is 38.0 Å². The second-order valence-corrected chi connectivity index (χ2v) is 4.68. The van der Waals surface area contributed by atoms with Crippen LogP contribution < -0.4 is 11.3 Å². The molecule has 0 spiro atoms. The van der Waals surface area contributed by atoms with Gasteiger partial charge in [0.15, 0.2) is 0 Å². The van der Waals surface area contributed by atoms with E-state index < -0.39 is 23.5 Å². The first-order chi connectivity index (χ1) is 9.52. The molecule has 0 aliphatic carbocycles. The lowest BCUT2D eigenvalue weighted by atomic mass is 9.99. The first-order valence-electron chi connectivity index (χ1n) is 5.87. The van der Waals surface area contributed by atoms with Crippen molar-refractivity contribution in [3.63, 3.8) is 0 Å². The summed E-state index contributed by atoms with van der Waals surface area (Å²) in [4.78, 5) is 0. The zero-order valence-electron chi connectivity index (χ0n) is 10.3. The number of rotatable bonds is 4. The Balaban J connectivity index is 2.31. The molecular formula is C14H12ClF3N2. The highest BCUT2D eigenvalue weighted by Crippen LogP contribution is 2.28. The molecule has 0 saturated heterocycles. The predicted molar refractivity (Wildman–Crippen MR) is 71.5 cm³/mol. The van der Waals surface area contributed by atoms with Gasteiger partial charge < -0.3 is 0 Å². The molecule has 2 nitrogen and oxygen atoms in total. The third-order valence-corrected chi connectivity index (χ3v) is 3.40. The van der Waals surface area contributed by atoms with Gasteiger partial charge in [0.05, 0.1) is 11.1 Å². The van der Waals surface area contributed by atoms with E-state index in [4.69, 9.17) is 17.4 Å². The van der Waals surface area contributed by atoms with E-state index >= 15 is 0 Å². The van der Waals surface area contributed by atoms with Crippen molar-refractivity contribution >= 4 is 11.6 Å². The fourth-order valence-electron chi connectivity index (χ4n) is 1.96. The Hall–Kier alpha value is -1.56. The SMILES string of the molecule is NNC(Cc1ccc(F)cc1F)c1cccc(F)c1Cl. The fraction of sp³-hybridized carbons (Fsp3) is 0.143. The third kappa shape index (κ3) is 3.12. The molecule has 0 aliphatic rings. The second-order valence-electron chi connectivity index (χ2n) is 4.30. The Morgan fingerprint density at radius 2 is 1.85 bits per heavy atom. The van der Waals surface area contributed by atoms with Gasteiger partial charge in [-0.05, 0) is 29.7 Å². The number of hydrazine groups is 1. The highest BCUT2D eigenvalue weighted by atomic mass is 35.5. The zero-order chi connectivity index (χ0) is 14.7. The summed E-state index contributed by atoms with van der Waals surface area (Å²) < 4.78 is 39.9. The number of nitrogens with two attached hydrogens (primary N) is 1. The van der Waals surface area contributed by atoms with Gasteiger partial charge in [-0.2, -0.15) is 0 Å². The van der Waals surface area contributed by atoms with Crippen LogP contribution in [0.1, 0.15) is 17.2 Å². The van der Waals surface area contributed by atoms with Crippen molar-refractivity contribution < 1.29 is 13.2 Å². The van der Waals surface area contributed by atoms with Crippen LogP contribution in [0.25, 0.3) is 0 Å². The molecule has 2 aromatic rings. The van der Waals surface area contributed by atoms with Gasteiger partial charge in [0.25, 0.3) is 0 Å². The number of halogens is 4. The smallest absolute Gasteiger partial charge is 0.142 e. The van der Waals surface area contributed by atoms with Crippen LogP contribution in [0.15, 0.2) is 36.4 Å². The molecule has 20 heavy (non-hydrogen) atoms. The average Bonchev–Trinajstić information content (AvgIpc) is 2.42. The van der Waals surface area contributed by atoms with Gasteiger partial charge in [-0.15, -0.1) is 0 Å². The standard InChI is InChI=1S/C14H12ClF3N2/c15-14-10(2-1-3-11(14)17)13(20-19)6-8-4-5-9(16)7-12(8)18/h1-5,7,13,20H,6,19H2. The van der Waals surface area contributed by atoms with Gasteiger partial charge in [0.1, 0.15) is 17.5 Å². The molecule has 0 bridgehead atoms. The minimum atomic E-state index is -0.683. The number of hydrogen-bond donors (Lipinski definition) is 2. The summed E-state index contributed by atoms with van der Waals surface area (Å²) in [5, 5.41) is -0.0713. The first kappa shape index (κ1) is 14.8. The summed E-state index contributed by atoms with van der Waals surface area (Å²) in [7, 11) is 0. The van der Waals surface area contributed by atoms with Crippen molar-refractivity contribution in [3.8, 4) is 0 Å². The van der Waals surface area contributed by atoms with Crippen molar-refractivity contribution in [3.05, 3.63) is 70.0 Å². The van der Waals surface area contributed by atoms with Crippen LogP contribution in [0.4, 0.5) is 13.2 Å². The molecule has 0 radical (unpaired) electrons. The number of benzene rings is 2. The van der Waals surface area contributed by atoms with E-state index in [9.17, 15) is 13.2 Å². The van der Waals surface area contributed by atoms with E-state index in [1.807, 2.05) is 0 Å². The summed E-state index contributed by atoms with van der Waals surface area (Å²) in [5.41, 5.74) is 3.14. The lowest BCUT2D eigenvalue weighted by Crippen LogP contribution is -2.30. The molecule has 0 saturated carbocycles. The summed E-state index contributed by atoms with van der Waals surface area (Å²) in [6, 6.07) is 6.98. The van der Waals surface area contributed by atoms with Crippen LogP contribution in [-0.2, 0) is 6.42 Å². The van der Waals surface area contributed by atoms with Crippen molar-refractivity contribution in [2.24, 2.45) is 5.84 Å². The Kier molecular flexibility index (Phi) is 4.65. The first-order valence-corrected chi connectivity index (χ1v) is 6.24. The number of nitrogens with one attached hydrogen (secondary N) is 1. The van der Waals surface area contributed by atoms with Crippen molar-refractivity contribution in [2.75, 3.05) is 0 Å². The molecule has 1 atom stereocenters. The van der Waals surface area contributed by atoms with Gasteiger partial charge in [-0.25, -0.2) is 13.2 Å². The Morgan fingerprint density at radius 3 is 2.50 bits per heavy atom. The monoisotopic (exact) mass is 300 g/mol. The molecule has 1 unspecified atom stereocenters. The van der Waals surface area contributed by atoms with Crippen LogP contribution in [0.2, 0.25) is 5.02 Å². The van der Waals surface area contributed by atoms with Crippen LogP contribution in [0.5, 0.6) is 0 Å². The molecule has 0 amide bonds. The van der Waals surface area contributed by atoms with Crippen LogP contribution >= 0.6 is 11.6 Å². The van der Waals surface area contributed by atoms with Gasteiger partial charge in [-0.1, -0.05) is 29.8 Å². The summed E-state index contributed by atoms with van der Waals surface area (Å²) in [6.07, 6.45) is 0.117. The maximum Gasteiger partial charge on any atom is 0.142 e. The maximum absolute atomic E-state index is 13.6. The minimum Gasteiger partial charge on any atom is -0.271 e. The van der Waals surface area contributed by atoms with Gasteiger partial charge in [0, 0.05) is 6.07 Å².